The van der Waals surface area contributed by atoms with Crippen molar-refractivity contribution in [1.82, 2.24) is 22.0 Å². The minimum Gasteiger partial charge on any atom is -0.494 e. The van der Waals surface area contributed by atoms with Crippen LogP contribution in [0.25, 0.3) is 191 Å². The molecule has 0 aliphatic carbocycles. The van der Waals surface area contributed by atoms with Crippen LogP contribution in [0, 0.1) is 13.8 Å². The lowest BCUT2D eigenvalue weighted by atomic mass is 9.97. The lowest BCUT2D eigenvalue weighted by molar-refractivity contribution is -0.617. The van der Waals surface area contributed by atoms with E-state index < -0.39 is 0 Å². The zero-order valence-electron chi connectivity index (χ0n) is 78.6. The van der Waals surface area contributed by atoms with E-state index in [1.165, 1.54) is 33.2 Å². The van der Waals surface area contributed by atoms with Crippen molar-refractivity contribution in [1.29, 1.82) is 0 Å². The van der Waals surface area contributed by atoms with Crippen molar-refractivity contribution >= 4 is 191 Å². The second kappa shape index (κ2) is 33.0. The number of pyridine rings is 5. The Kier molecular flexibility index (Phi) is 21.0. The lowest BCUT2D eigenvalue weighted by Gasteiger charge is -2.08. The fourth-order valence-electron chi connectivity index (χ4n) is 21.6. The van der Waals surface area contributed by atoms with Gasteiger partial charge in [-0.25, -0.2) is 46.8 Å². The molecule has 22 nitrogen and oxygen atoms in total. The van der Waals surface area contributed by atoms with Gasteiger partial charge in [0.25, 0.3) is 28.2 Å². The summed E-state index contributed by atoms with van der Waals surface area (Å²) in [5.41, 5.74) is 19.8. The molecule has 25 rings (SSSR count). The van der Waals surface area contributed by atoms with E-state index in [0.717, 1.165) is 222 Å². The summed E-state index contributed by atoms with van der Waals surface area (Å²) in [6.07, 6.45) is 2.80. The van der Waals surface area contributed by atoms with Crippen molar-refractivity contribution < 1.29 is 56.0 Å². The minimum absolute atomic E-state index is 0.0147. The first-order valence-corrected chi connectivity index (χ1v) is 45.9. The normalized spacial score (nSPS) is 11.9. The zero-order valence-corrected chi connectivity index (χ0v) is 78.6. The van der Waals surface area contributed by atoms with Gasteiger partial charge in [-0.05, 0) is 206 Å². The Balaban J connectivity index is 0.000000101. The van der Waals surface area contributed by atoms with Gasteiger partial charge in [-0.3, -0.25) is 0 Å². The molecule has 0 saturated heterocycles. The van der Waals surface area contributed by atoms with Gasteiger partial charge in [-0.2, -0.15) is 22.0 Å². The SMILES string of the molecule is CCOc1ccc2c(c1)n1c(=O)c3ccc(C)c4cccc(c43)c1[n+]2C.CCOc1ccc2c(c1)n1c(=O)c3ccc(CC)c4cccc(c43)c1[n+]2C.CCOc1ccc2c(c1)n1c(=O)c3cccc4c(C)ccc(c43)c1[n+]2C.CCc1ccc2c(=O)n3c4cc(OC)c(OC)cc4[n+](C)c3c3cccc1c23.CCc1ccc2c3c1cccc3c(=O)n1c3cc(OC)c(OC)cc3[n+](C)c21. The second-order valence-corrected chi connectivity index (χ2v) is 34.6. The van der Waals surface area contributed by atoms with Gasteiger partial charge in [0.05, 0.1) is 137 Å². The molecule has 10 heterocycles. The predicted molar refractivity (Wildman–Crippen MR) is 540 cm³/mol. The van der Waals surface area contributed by atoms with Crippen molar-refractivity contribution in [2.24, 2.45) is 35.2 Å². The van der Waals surface area contributed by atoms with Crippen molar-refractivity contribution in [2.75, 3.05) is 48.3 Å². The Labute approximate surface area is 773 Å². The van der Waals surface area contributed by atoms with Crippen LogP contribution in [-0.2, 0) is 54.5 Å². The Bertz CT molecular complexity index is 9280. The fourth-order valence-corrected chi connectivity index (χ4v) is 21.6. The van der Waals surface area contributed by atoms with Crippen LogP contribution < -0.4 is 83.8 Å². The number of nitrogens with zero attached hydrogens (tertiary/aromatic N) is 10. The summed E-state index contributed by atoms with van der Waals surface area (Å²) in [7, 11) is 16.5. The van der Waals surface area contributed by atoms with Crippen LogP contribution in [0.3, 0.4) is 0 Å². The van der Waals surface area contributed by atoms with Crippen LogP contribution in [0.1, 0.15) is 69.4 Å². The van der Waals surface area contributed by atoms with E-state index in [1.807, 2.05) is 197 Å². The summed E-state index contributed by atoms with van der Waals surface area (Å²) in [6.45, 7) is 18.3. The van der Waals surface area contributed by atoms with Gasteiger partial charge in [-0.15, -0.1) is 0 Å². The maximum atomic E-state index is 13.6. The number of hydrogen-bond acceptors (Lipinski definition) is 12. The average molecular weight is 1790 g/mol. The molecular weight excluding hydrogens is 1690 g/mol. The smallest absolute Gasteiger partial charge is 0.347 e. The molecule has 135 heavy (non-hydrogen) atoms. The van der Waals surface area contributed by atoms with Crippen LogP contribution in [0.4, 0.5) is 0 Å². The summed E-state index contributed by atoms with van der Waals surface area (Å²) in [4.78, 5) is 67.4. The maximum absolute atomic E-state index is 13.6. The van der Waals surface area contributed by atoms with E-state index in [0.29, 0.717) is 42.8 Å². The van der Waals surface area contributed by atoms with E-state index in [4.69, 9.17) is 33.2 Å². The third-order valence-electron chi connectivity index (χ3n) is 27.8. The van der Waals surface area contributed by atoms with Crippen LogP contribution >= 0.6 is 0 Å². The first-order valence-electron chi connectivity index (χ1n) is 45.9. The molecule has 0 fully saturated rings. The molecule has 0 atom stereocenters. The monoisotopic (exact) mass is 1790 g/mol. The van der Waals surface area contributed by atoms with Gasteiger partial charge in [0.2, 0.25) is 0 Å². The highest BCUT2D eigenvalue weighted by atomic mass is 16.5. The Morgan fingerprint density at radius 3 is 0.748 bits per heavy atom. The number of hydrogen-bond donors (Lipinski definition) is 0. The molecule has 0 amide bonds. The molecule has 0 saturated carbocycles. The number of ether oxygens (including phenoxy) is 7. The van der Waals surface area contributed by atoms with E-state index in [9.17, 15) is 24.0 Å². The van der Waals surface area contributed by atoms with Crippen molar-refractivity contribution in [3.63, 3.8) is 0 Å². The van der Waals surface area contributed by atoms with E-state index in [-0.39, 0.29) is 27.8 Å². The standard InChI is InChI=1S/2C23H21N2O3.C23H21N2O2.2C22H19N2O2/c1-5-13-9-10-15-21-14(13)7-6-8-16(21)23(26)25-18-12-20(28-4)19(27-3)11-17(18)24(2)22(15)25;1-5-13-9-10-16-21-14(13)7-6-8-15(21)22-24(2)17-11-19(27-3)20(28-4)12-18(17)25(22)23(16)26;1-4-14-9-11-18-21-16(14)7-6-8-17(21)22-24(3)19-12-10-15(27-5-2)13-20(19)25(22)23(18)26;1-4-26-14-9-11-18-19(12-14)24-21(23(18)3)16-10-8-13(2)15-6-5-7-17(20(15)16)22(24)25;1-4-26-14-9-11-18-19(12-14)24-21(23(18)3)16-7-5-6-15-13(2)8-10-17(20(15)16)22(24)25/h2*6-12H,5H2,1-4H3;6-13H,4-5H2,1-3H3;2*5-12H,4H2,1-3H3/q5*+1. The molecule has 22 heteroatoms. The molecule has 0 aliphatic heterocycles. The van der Waals surface area contributed by atoms with Crippen LogP contribution in [0.15, 0.2) is 254 Å². The van der Waals surface area contributed by atoms with Gasteiger partial charge < -0.3 is 33.2 Å². The Morgan fingerprint density at radius 2 is 0.459 bits per heavy atom. The summed E-state index contributed by atoms with van der Waals surface area (Å²) in [5.74, 6) is 4.84. The van der Waals surface area contributed by atoms with Gasteiger partial charge in [-0.1, -0.05) is 112 Å². The minimum atomic E-state index is -0.0147. The third kappa shape index (κ3) is 12.7. The molecule has 0 N–H and O–H groups in total. The molecule has 0 unspecified atom stereocenters. The fraction of sp³-hybridized carbons (Fsp3) is 0.204. The number of rotatable bonds is 13. The first-order chi connectivity index (χ1) is 65.6. The summed E-state index contributed by atoms with van der Waals surface area (Å²) < 4.78 is 58.4. The van der Waals surface area contributed by atoms with E-state index in [1.54, 1.807) is 37.2 Å². The number of methoxy groups -OCH3 is 4. The Morgan fingerprint density at radius 1 is 0.237 bits per heavy atom. The quantitative estimate of drug-likeness (QED) is 0.0994. The molecular formula is C113H101N10O12+5. The van der Waals surface area contributed by atoms with E-state index in [2.05, 4.69) is 161 Å². The van der Waals surface area contributed by atoms with Crippen molar-refractivity contribution in [3.05, 3.63) is 310 Å². The largest absolute Gasteiger partial charge is 0.494 e. The summed E-state index contributed by atoms with van der Waals surface area (Å²) >= 11 is 0. The third-order valence-corrected chi connectivity index (χ3v) is 27.8. The van der Waals surface area contributed by atoms with Gasteiger partial charge in [0.1, 0.15) is 17.2 Å². The molecule has 0 spiro atoms. The van der Waals surface area contributed by atoms with Crippen LogP contribution in [0.5, 0.6) is 40.2 Å². The zero-order chi connectivity index (χ0) is 93.9. The topological polar surface area (TPSA) is 191 Å². The highest BCUT2D eigenvalue weighted by Gasteiger charge is 2.34. The number of benzene rings is 15. The molecule has 15 aromatic carbocycles. The van der Waals surface area contributed by atoms with Crippen LogP contribution in [0.2, 0.25) is 0 Å². The molecule has 25 aromatic rings. The van der Waals surface area contributed by atoms with Crippen LogP contribution in [-0.4, -0.2) is 70.3 Å². The van der Waals surface area contributed by atoms with Crippen molar-refractivity contribution in [2.45, 2.75) is 74.7 Å². The van der Waals surface area contributed by atoms with Crippen molar-refractivity contribution in [3.8, 4) is 40.2 Å². The first kappa shape index (κ1) is 85.7. The van der Waals surface area contributed by atoms with Gasteiger partial charge in [0.15, 0.2) is 78.2 Å². The van der Waals surface area contributed by atoms with Gasteiger partial charge >= 0.3 is 27.8 Å². The average Bonchev–Trinajstić information content (AvgIpc) is 1.64. The molecule has 0 bridgehead atoms. The molecule has 10 aromatic heterocycles. The molecule has 0 aliphatic rings. The summed E-state index contributed by atoms with van der Waals surface area (Å²) in [6, 6.07) is 76.9. The van der Waals surface area contributed by atoms with Gasteiger partial charge in [0, 0.05) is 69.4 Å². The number of aromatic nitrogens is 10. The summed E-state index contributed by atoms with van der Waals surface area (Å²) in [5, 5.41) is 20.2. The number of aryl methyl sites for hydroxylation is 10. The predicted octanol–water partition coefficient (Wildman–Crippen LogP) is 18.6. The highest BCUT2D eigenvalue weighted by Crippen LogP contribution is 2.41. The molecule has 670 valence electrons. The lowest BCUT2D eigenvalue weighted by Crippen LogP contribution is -2.29. The second-order valence-electron chi connectivity index (χ2n) is 34.6. The van der Waals surface area contributed by atoms with E-state index >= 15 is 0 Å². The molecule has 0 radical (unpaired) electrons. The number of fused-ring (bicyclic) bond motifs is 20. The maximum Gasteiger partial charge on any atom is 0.347 e. The number of imidazole rings is 5. The Hall–Kier alpha value is -16.1. The highest BCUT2D eigenvalue weighted by molar-refractivity contribution is 6.20.